The number of methoxy groups -OCH3 is 1. The lowest BCUT2D eigenvalue weighted by Gasteiger charge is -2.07. The van der Waals surface area contributed by atoms with E-state index in [1.54, 1.807) is 17.1 Å². The Morgan fingerprint density at radius 2 is 2.33 bits per heavy atom. The number of ether oxygens (including phenoxy) is 1. The summed E-state index contributed by atoms with van der Waals surface area (Å²) in [6, 6.07) is 0. The molecule has 112 valence electrons. The van der Waals surface area contributed by atoms with E-state index < -0.39 is 0 Å². The van der Waals surface area contributed by atoms with Crippen LogP contribution in [0.2, 0.25) is 5.28 Å². The van der Waals surface area contributed by atoms with Gasteiger partial charge >= 0.3 is 5.97 Å². The molecule has 0 aliphatic carbocycles. The van der Waals surface area contributed by atoms with Gasteiger partial charge < -0.3 is 10.1 Å². The van der Waals surface area contributed by atoms with Gasteiger partial charge in [0.1, 0.15) is 5.69 Å². The number of esters is 1. The van der Waals surface area contributed by atoms with Crippen molar-refractivity contribution in [3.05, 3.63) is 23.9 Å². The van der Waals surface area contributed by atoms with E-state index in [0.717, 1.165) is 0 Å². The van der Waals surface area contributed by atoms with Crippen molar-refractivity contribution < 1.29 is 14.7 Å². The summed E-state index contributed by atoms with van der Waals surface area (Å²) in [6.07, 6.45) is 4.79. The number of nitrogens with zero attached hydrogens (tertiary/aromatic N) is 4. The number of hydrogen-bond acceptors (Lipinski definition) is 8. The Bertz CT molecular complexity index is 632. The van der Waals surface area contributed by atoms with Crippen LogP contribution in [0.5, 0.6) is 0 Å². The van der Waals surface area contributed by atoms with Crippen LogP contribution >= 0.6 is 11.6 Å². The third kappa shape index (κ3) is 4.04. The highest BCUT2D eigenvalue weighted by molar-refractivity contribution is 6.28. The second-order valence-corrected chi connectivity index (χ2v) is 4.29. The molecule has 0 amide bonds. The molecule has 10 heteroatoms. The molecule has 9 nitrogen and oxygen atoms in total. The molecule has 0 aliphatic rings. The standard InChI is InChI=1S/C11H13ClN6O3/c1-21-9(19)2-3-18-6-7(4-14-18)15-10-8(17-20)5-13-11(12)16-10/h4-6,17,20H,2-3H2,1H3,(H,13,15,16). The van der Waals surface area contributed by atoms with E-state index in [2.05, 4.69) is 25.1 Å². The average molecular weight is 313 g/mol. The molecular weight excluding hydrogens is 300 g/mol. The van der Waals surface area contributed by atoms with Crippen molar-refractivity contribution in [3.63, 3.8) is 0 Å². The number of carbonyl (C=O) groups is 1. The largest absolute Gasteiger partial charge is 0.469 e. The minimum Gasteiger partial charge on any atom is -0.469 e. The molecule has 2 rings (SSSR count). The summed E-state index contributed by atoms with van der Waals surface area (Å²) < 4.78 is 6.13. The predicted molar refractivity (Wildman–Crippen MR) is 74.6 cm³/mol. The molecule has 0 unspecified atom stereocenters. The second kappa shape index (κ2) is 6.86. The number of nitrogens with one attached hydrogen (secondary N) is 2. The van der Waals surface area contributed by atoms with Crippen molar-refractivity contribution in [2.75, 3.05) is 17.9 Å². The number of hydrogen-bond donors (Lipinski definition) is 3. The van der Waals surface area contributed by atoms with Gasteiger partial charge in [0.05, 0.1) is 38.2 Å². The zero-order chi connectivity index (χ0) is 15.2. The fourth-order valence-electron chi connectivity index (χ4n) is 1.53. The predicted octanol–water partition coefficient (Wildman–Crippen LogP) is 1.43. The number of carbonyl (C=O) groups excluding carboxylic acids is 1. The lowest BCUT2D eigenvalue weighted by Crippen LogP contribution is -2.07. The quantitative estimate of drug-likeness (QED) is 0.417. The number of halogens is 1. The monoisotopic (exact) mass is 312 g/mol. The molecule has 0 aromatic carbocycles. The molecule has 0 bridgehead atoms. The van der Waals surface area contributed by atoms with Gasteiger partial charge in [-0.2, -0.15) is 10.1 Å². The highest BCUT2D eigenvalue weighted by Gasteiger charge is 2.08. The SMILES string of the molecule is COC(=O)CCn1cc(Nc2nc(Cl)ncc2NO)cn1. The molecule has 0 saturated heterocycles. The Morgan fingerprint density at radius 3 is 3.05 bits per heavy atom. The van der Waals surface area contributed by atoms with Gasteiger partial charge in [0, 0.05) is 6.20 Å². The van der Waals surface area contributed by atoms with Crippen molar-refractivity contribution in [1.82, 2.24) is 19.7 Å². The Labute approximate surface area is 124 Å². The van der Waals surface area contributed by atoms with Gasteiger partial charge in [0.25, 0.3) is 0 Å². The molecule has 0 fully saturated rings. The molecule has 3 N–H and O–H groups in total. The molecule has 2 heterocycles. The molecule has 2 aromatic rings. The lowest BCUT2D eigenvalue weighted by molar-refractivity contribution is -0.140. The van der Waals surface area contributed by atoms with Crippen molar-refractivity contribution in [1.29, 1.82) is 0 Å². The van der Waals surface area contributed by atoms with E-state index in [1.165, 1.54) is 13.3 Å². The van der Waals surface area contributed by atoms with Crippen LogP contribution in [0.25, 0.3) is 0 Å². The number of anilines is 3. The maximum absolute atomic E-state index is 11.1. The molecule has 2 aromatic heterocycles. The maximum atomic E-state index is 11.1. The van der Waals surface area contributed by atoms with E-state index in [-0.39, 0.29) is 23.4 Å². The highest BCUT2D eigenvalue weighted by Crippen LogP contribution is 2.23. The van der Waals surface area contributed by atoms with E-state index in [9.17, 15) is 4.79 Å². The van der Waals surface area contributed by atoms with Gasteiger partial charge in [-0.1, -0.05) is 0 Å². The number of rotatable bonds is 6. The first-order chi connectivity index (χ1) is 10.1. The zero-order valence-corrected chi connectivity index (χ0v) is 11.8. The molecule has 0 aliphatic heterocycles. The molecule has 0 atom stereocenters. The van der Waals surface area contributed by atoms with E-state index in [4.69, 9.17) is 16.8 Å². The summed E-state index contributed by atoms with van der Waals surface area (Å²) in [6.45, 7) is 0.393. The van der Waals surface area contributed by atoms with Crippen molar-refractivity contribution in [2.45, 2.75) is 13.0 Å². The van der Waals surface area contributed by atoms with Gasteiger partial charge in [-0.15, -0.1) is 0 Å². The van der Waals surface area contributed by atoms with Gasteiger partial charge in [0.2, 0.25) is 5.28 Å². The van der Waals surface area contributed by atoms with Crippen LogP contribution in [0.3, 0.4) is 0 Å². The topological polar surface area (TPSA) is 114 Å². The third-order valence-corrected chi connectivity index (χ3v) is 2.73. The van der Waals surface area contributed by atoms with Crippen LogP contribution in [-0.4, -0.2) is 38.0 Å². The van der Waals surface area contributed by atoms with Crippen LogP contribution in [0, 0.1) is 0 Å². The Morgan fingerprint density at radius 1 is 1.52 bits per heavy atom. The average Bonchev–Trinajstić information content (AvgIpc) is 2.92. The smallest absolute Gasteiger partial charge is 0.307 e. The summed E-state index contributed by atoms with van der Waals surface area (Å²) in [5.74, 6) is -0.0145. The zero-order valence-electron chi connectivity index (χ0n) is 11.1. The summed E-state index contributed by atoms with van der Waals surface area (Å²) in [7, 11) is 1.33. The van der Waals surface area contributed by atoms with Gasteiger partial charge in [0.15, 0.2) is 5.82 Å². The maximum Gasteiger partial charge on any atom is 0.307 e. The van der Waals surface area contributed by atoms with E-state index >= 15 is 0 Å². The highest BCUT2D eigenvalue weighted by atomic mass is 35.5. The van der Waals surface area contributed by atoms with Crippen LogP contribution in [0.4, 0.5) is 17.2 Å². The van der Waals surface area contributed by atoms with E-state index in [0.29, 0.717) is 18.1 Å². The minimum atomic E-state index is -0.311. The van der Waals surface area contributed by atoms with Gasteiger partial charge in [-0.25, -0.2) is 4.98 Å². The second-order valence-electron chi connectivity index (χ2n) is 3.96. The Kier molecular flexibility index (Phi) is 4.90. The van der Waals surface area contributed by atoms with Crippen LogP contribution < -0.4 is 10.8 Å². The molecule has 0 radical (unpaired) electrons. The first kappa shape index (κ1) is 15.0. The minimum absolute atomic E-state index is 0.0367. The Balaban J connectivity index is 2.05. The normalized spacial score (nSPS) is 10.2. The summed E-state index contributed by atoms with van der Waals surface area (Å²) in [4.78, 5) is 18.7. The van der Waals surface area contributed by atoms with Crippen molar-refractivity contribution >= 4 is 34.8 Å². The lowest BCUT2D eigenvalue weighted by atomic mass is 10.4. The fourth-order valence-corrected chi connectivity index (χ4v) is 1.67. The van der Waals surface area contributed by atoms with Crippen LogP contribution in [0.1, 0.15) is 6.42 Å². The number of aromatic nitrogens is 4. The first-order valence-corrected chi connectivity index (χ1v) is 6.29. The summed E-state index contributed by atoms with van der Waals surface area (Å²) >= 11 is 5.70. The van der Waals surface area contributed by atoms with Gasteiger partial charge in [-0.3, -0.25) is 20.2 Å². The first-order valence-electron chi connectivity index (χ1n) is 5.91. The number of aryl methyl sites for hydroxylation is 1. The molecule has 21 heavy (non-hydrogen) atoms. The van der Waals surface area contributed by atoms with Crippen molar-refractivity contribution in [2.24, 2.45) is 0 Å². The summed E-state index contributed by atoms with van der Waals surface area (Å²) in [5.41, 5.74) is 2.85. The van der Waals surface area contributed by atoms with E-state index in [1.807, 2.05) is 5.48 Å². The third-order valence-electron chi connectivity index (χ3n) is 2.55. The fraction of sp³-hybridized carbons (Fsp3) is 0.273. The van der Waals surface area contributed by atoms with Gasteiger partial charge in [-0.05, 0) is 11.6 Å². The Hall–Kier alpha value is -2.39. The van der Waals surface area contributed by atoms with Crippen LogP contribution in [0.15, 0.2) is 18.6 Å². The summed E-state index contributed by atoms with van der Waals surface area (Å²) in [5, 5.41) is 16.0. The molecule has 0 spiro atoms. The molecule has 0 saturated carbocycles. The molecular formula is C11H13ClN6O3. The van der Waals surface area contributed by atoms with Crippen LogP contribution in [-0.2, 0) is 16.1 Å². The van der Waals surface area contributed by atoms with Crippen molar-refractivity contribution in [3.8, 4) is 0 Å².